The number of pyridine rings is 1. The van der Waals surface area contributed by atoms with Gasteiger partial charge in [0.1, 0.15) is 10.7 Å². The third-order valence-electron chi connectivity index (χ3n) is 3.18. The van der Waals surface area contributed by atoms with Crippen molar-refractivity contribution in [3.05, 3.63) is 53.7 Å². The number of hydrogen-bond donors (Lipinski definition) is 1. The van der Waals surface area contributed by atoms with Crippen LogP contribution < -0.4 is 4.72 Å². The summed E-state index contributed by atoms with van der Waals surface area (Å²) in [5.74, 6) is 0.575. The summed E-state index contributed by atoms with van der Waals surface area (Å²) >= 11 is 0. The molecule has 0 aromatic carbocycles. The summed E-state index contributed by atoms with van der Waals surface area (Å²) in [7, 11) is -3.78. The fraction of sp³-hybridized carbons (Fsp3) is 0.200. The van der Waals surface area contributed by atoms with E-state index in [1.807, 2.05) is 19.9 Å². The molecule has 0 saturated carbocycles. The van der Waals surface area contributed by atoms with Crippen molar-refractivity contribution in [2.75, 3.05) is 4.72 Å². The molecule has 0 bridgehead atoms. The van der Waals surface area contributed by atoms with Gasteiger partial charge < -0.3 is 0 Å². The highest BCUT2D eigenvalue weighted by molar-refractivity contribution is 7.92. The van der Waals surface area contributed by atoms with Gasteiger partial charge in [-0.3, -0.25) is 9.71 Å². The molecule has 3 aromatic rings. The Labute approximate surface area is 139 Å². The Bertz CT molecular complexity index is 962. The molecule has 0 aliphatic rings. The van der Waals surface area contributed by atoms with Crippen LogP contribution in [0.4, 0.5) is 5.82 Å². The predicted molar refractivity (Wildman–Crippen MR) is 88.4 cm³/mol. The molecule has 3 heterocycles. The van der Waals surface area contributed by atoms with Gasteiger partial charge in [-0.1, -0.05) is 0 Å². The number of nitrogens with one attached hydrogen (secondary N) is 1. The molecule has 0 radical (unpaired) electrons. The molecule has 0 spiro atoms. The topological polar surface area (TPSA) is 103 Å². The number of rotatable bonds is 4. The molecule has 9 heteroatoms. The summed E-state index contributed by atoms with van der Waals surface area (Å²) in [5.41, 5.74) is 2.18. The number of sulfonamides is 1. The fourth-order valence-corrected chi connectivity index (χ4v) is 3.23. The van der Waals surface area contributed by atoms with E-state index >= 15 is 0 Å². The number of aryl methyl sites for hydroxylation is 3. The quantitative estimate of drug-likeness (QED) is 0.774. The van der Waals surface area contributed by atoms with Gasteiger partial charge >= 0.3 is 0 Å². The van der Waals surface area contributed by atoms with Gasteiger partial charge in [0.2, 0.25) is 0 Å². The van der Waals surface area contributed by atoms with Crippen molar-refractivity contribution in [1.29, 1.82) is 0 Å². The van der Waals surface area contributed by atoms with E-state index in [1.165, 1.54) is 23.1 Å². The van der Waals surface area contributed by atoms with Gasteiger partial charge in [-0.15, -0.1) is 0 Å². The minimum atomic E-state index is -3.78. The van der Waals surface area contributed by atoms with E-state index in [-0.39, 0.29) is 10.7 Å². The van der Waals surface area contributed by atoms with E-state index in [2.05, 4.69) is 24.8 Å². The molecule has 1 N–H and O–H groups in total. The lowest BCUT2D eigenvalue weighted by atomic mass is 10.4. The van der Waals surface area contributed by atoms with Crippen LogP contribution in [-0.4, -0.2) is 33.2 Å². The first-order valence-electron chi connectivity index (χ1n) is 7.17. The van der Waals surface area contributed by atoms with Gasteiger partial charge in [-0.05, 0) is 39.0 Å². The molecule has 0 amide bonds. The lowest BCUT2D eigenvalue weighted by Crippen LogP contribution is -2.17. The van der Waals surface area contributed by atoms with Crippen LogP contribution in [-0.2, 0) is 10.0 Å². The molecular weight excluding hydrogens is 328 g/mol. The minimum absolute atomic E-state index is 0.0664. The molecule has 3 aromatic heterocycles. The Morgan fingerprint density at radius 2 is 1.75 bits per heavy atom. The first-order chi connectivity index (χ1) is 11.3. The standard InChI is InChI=1S/C15H16N6O2S/c1-10-7-11(2)18-15(17-10)21-14(8-12(3)19-21)20-24(22,23)13-5-4-6-16-9-13/h4-9,20H,1-3H3. The minimum Gasteiger partial charge on any atom is -0.263 e. The van der Waals surface area contributed by atoms with Crippen LogP contribution in [0, 0.1) is 20.8 Å². The monoisotopic (exact) mass is 344 g/mol. The number of aromatic nitrogens is 5. The summed E-state index contributed by atoms with van der Waals surface area (Å²) in [5, 5.41) is 4.29. The molecule has 0 saturated heterocycles. The summed E-state index contributed by atoms with van der Waals surface area (Å²) in [6, 6.07) is 6.48. The Morgan fingerprint density at radius 3 is 2.38 bits per heavy atom. The van der Waals surface area contributed by atoms with Crippen LogP contribution in [0.2, 0.25) is 0 Å². The lowest BCUT2D eigenvalue weighted by Gasteiger charge is -2.10. The average molecular weight is 344 g/mol. The molecule has 0 aliphatic carbocycles. The maximum atomic E-state index is 12.5. The number of anilines is 1. The normalized spacial score (nSPS) is 11.5. The molecule has 124 valence electrons. The molecule has 3 rings (SSSR count). The van der Waals surface area contributed by atoms with Crippen LogP contribution in [0.25, 0.3) is 5.95 Å². The second-order valence-corrected chi connectivity index (χ2v) is 7.01. The number of hydrogen-bond acceptors (Lipinski definition) is 6. The molecule has 0 aliphatic heterocycles. The largest absolute Gasteiger partial charge is 0.264 e. The lowest BCUT2D eigenvalue weighted by molar-refractivity contribution is 0.600. The first kappa shape index (κ1) is 16.1. The van der Waals surface area contributed by atoms with E-state index in [0.29, 0.717) is 11.6 Å². The van der Waals surface area contributed by atoms with E-state index in [4.69, 9.17) is 0 Å². The molecule has 0 fully saturated rings. The van der Waals surface area contributed by atoms with Crippen molar-refractivity contribution in [2.24, 2.45) is 0 Å². The highest BCUT2D eigenvalue weighted by Crippen LogP contribution is 2.19. The van der Waals surface area contributed by atoms with Crippen molar-refractivity contribution < 1.29 is 8.42 Å². The van der Waals surface area contributed by atoms with Gasteiger partial charge in [-0.2, -0.15) is 9.78 Å². The van der Waals surface area contributed by atoms with Crippen molar-refractivity contribution >= 4 is 15.8 Å². The second kappa shape index (κ2) is 6.00. The van der Waals surface area contributed by atoms with Crippen LogP contribution >= 0.6 is 0 Å². The van der Waals surface area contributed by atoms with Crippen molar-refractivity contribution in [1.82, 2.24) is 24.7 Å². The zero-order valence-electron chi connectivity index (χ0n) is 13.4. The van der Waals surface area contributed by atoms with E-state index in [0.717, 1.165) is 11.4 Å². The maximum absolute atomic E-state index is 12.5. The van der Waals surface area contributed by atoms with Crippen LogP contribution in [0.1, 0.15) is 17.1 Å². The first-order valence-corrected chi connectivity index (χ1v) is 8.66. The third kappa shape index (κ3) is 3.25. The molecule has 24 heavy (non-hydrogen) atoms. The highest BCUT2D eigenvalue weighted by Gasteiger charge is 2.19. The van der Waals surface area contributed by atoms with Gasteiger partial charge in [0, 0.05) is 29.8 Å². The fourth-order valence-electron chi connectivity index (χ4n) is 2.23. The van der Waals surface area contributed by atoms with Crippen LogP contribution in [0.5, 0.6) is 0 Å². The van der Waals surface area contributed by atoms with Crippen molar-refractivity contribution in [2.45, 2.75) is 25.7 Å². The van der Waals surface area contributed by atoms with Gasteiger partial charge in [-0.25, -0.2) is 18.4 Å². The van der Waals surface area contributed by atoms with Crippen molar-refractivity contribution in [3.8, 4) is 5.95 Å². The SMILES string of the molecule is Cc1cc(C)nc(-n2nc(C)cc2NS(=O)(=O)c2cccnc2)n1. The molecular formula is C15H16N6O2S. The summed E-state index contributed by atoms with van der Waals surface area (Å²) in [4.78, 5) is 12.5. The van der Waals surface area contributed by atoms with Gasteiger partial charge in [0.15, 0.2) is 0 Å². The van der Waals surface area contributed by atoms with Crippen molar-refractivity contribution in [3.63, 3.8) is 0 Å². The zero-order valence-corrected chi connectivity index (χ0v) is 14.2. The Morgan fingerprint density at radius 1 is 1.04 bits per heavy atom. The van der Waals surface area contributed by atoms with E-state index < -0.39 is 10.0 Å². The Kier molecular flexibility index (Phi) is 4.02. The summed E-state index contributed by atoms with van der Waals surface area (Å²) in [6.07, 6.45) is 2.79. The average Bonchev–Trinajstić information content (AvgIpc) is 2.87. The predicted octanol–water partition coefficient (Wildman–Crippen LogP) is 1.78. The third-order valence-corrected chi connectivity index (χ3v) is 4.52. The smallest absolute Gasteiger partial charge is 0.263 e. The Balaban J connectivity index is 2.04. The Hall–Kier alpha value is -2.81. The van der Waals surface area contributed by atoms with Crippen LogP contribution in [0.3, 0.4) is 0 Å². The summed E-state index contributed by atoms with van der Waals surface area (Å²) < 4.78 is 28.9. The van der Waals surface area contributed by atoms with E-state index in [1.54, 1.807) is 19.1 Å². The highest BCUT2D eigenvalue weighted by atomic mass is 32.2. The summed E-state index contributed by atoms with van der Waals surface area (Å²) in [6.45, 7) is 5.45. The molecule has 0 unspecified atom stereocenters. The van der Waals surface area contributed by atoms with E-state index in [9.17, 15) is 8.42 Å². The van der Waals surface area contributed by atoms with Gasteiger partial charge in [0.25, 0.3) is 16.0 Å². The second-order valence-electron chi connectivity index (χ2n) is 5.33. The van der Waals surface area contributed by atoms with Crippen LogP contribution in [0.15, 0.2) is 41.6 Å². The molecule has 0 atom stereocenters. The molecule has 8 nitrogen and oxygen atoms in total. The zero-order chi connectivity index (χ0) is 17.3. The maximum Gasteiger partial charge on any atom is 0.264 e. The van der Waals surface area contributed by atoms with Gasteiger partial charge in [0.05, 0.1) is 5.69 Å². The number of nitrogens with zero attached hydrogens (tertiary/aromatic N) is 5.